The molecule has 0 saturated heterocycles. The molecule has 0 radical (unpaired) electrons. The number of hydrogen-bond donors (Lipinski definition) is 1. The van der Waals surface area contributed by atoms with E-state index in [-0.39, 0.29) is 0 Å². The molecule has 1 aromatic rings. The van der Waals surface area contributed by atoms with Crippen molar-refractivity contribution in [2.45, 2.75) is 4.90 Å². The van der Waals surface area contributed by atoms with Gasteiger partial charge in [0, 0.05) is 4.90 Å². The molecule has 0 atom stereocenters. The van der Waals surface area contributed by atoms with E-state index in [0.29, 0.717) is 11.3 Å². The van der Waals surface area contributed by atoms with Crippen molar-refractivity contribution in [1.29, 1.82) is 0 Å². The lowest BCUT2D eigenvalue weighted by Gasteiger charge is -2.08. The number of amides is 1. The predicted octanol–water partition coefficient (Wildman–Crippen LogP) is 1.39. The molecule has 0 aromatic heterocycles. The highest BCUT2D eigenvalue weighted by molar-refractivity contribution is 7.97. The predicted molar refractivity (Wildman–Crippen MR) is 58.9 cm³/mol. The second-order valence-corrected chi connectivity index (χ2v) is 4.78. The molecule has 1 amide bonds. The summed E-state index contributed by atoms with van der Waals surface area (Å²) in [6, 6.07) is 5.37. The summed E-state index contributed by atoms with van der Waals surface area (Å²) < 4.78 is 1.93. The van der Waals surface area contributed by atoms with Gasteiger partial charge in [-0.2, -0.15) is 0 Å². The standard InChI is InChI=1S/C10H10N2O2S/c1-12(2)15-6-3-4-8-7(5-6)9(13)10(14)11-8/h3-5H,1-2H3,(H,11,13,14). The molecule has 15 heavy (non-hydrogen) atoms. The summed E-state index contributed by atoms with van der Waals surface area (Å²) in [5, 5.41) is 2.52. The number of nitrogens with one attached hydrogen (secondary N) is 1. The number of fused-ring (bicyclic) bond motifs is 1. The van der Waals surface area contributed by atoms with Gasteiger partial charge in [-0.05, 0) is 44.2 Å². The van der Waals surface area contributed by atoms with E-state index < -0.39 is 11.7 Å². The van der Waals surface area contributed by atoms with Crippen molar-refractivity contribution in [2.75, 3.05) is 19.4 Å². The van der Waals surface area contributed by atoms with Crippen LogP contribution in [0, 0.1) is 0 Å². The van der Waals surface area contributed by atoms with Gasteiger partial charge in [-0.15, -0.1) is 0 Å². The van der Waals surface area contributed by atoms with Crippen LogP contribution >= 0.6 is 11.9 Å². The minimum atomic E-state index is -0.544. The van der Waals surface area contributed by atoms with E-state index in [1.54, 1.807) is 12.1 Å². The molecule has 0 saturated carbocycles. The molecular formula is C10H10N2O2S. The van der Waals surface area contributed by atoms with Crippen LogP contribution in [-0.2, 0) is 4.79 Å². The molecule has 0 bridgehead atoms. The fourth-order valence-corrected chi connectivity index (χ4v) is 2.11. The van der Waals surface area contributed by atoms with Gasteiger partial charge in [0.05, 0.1) is 11.3 Å². The Bertz CT molecular complexity index is 443. The van der Waals surface area contributed by atoms with E-state index in [0.717, 1.165) is 4.90 Å². The van der Waals surface area contributed by atoms with E-state index in [9.17, 15) is 9.59 Å². The van der Waals surface area contributed by atoms with E-state index in [2.05, 4.69) is 5.32 Å². The van der Waals surface area contributed by atoms with E-state index >= 15 is 0 Å². The van der Waals surface area contributed by atoms with Gasteiger partial charge in [-0.1, -0.05) is 0 Å². The van der Waals surface area contributed by atoms with Crippen LogP contribution in [0.15, 0.2) is 23.1 Å². The van der Waals surface area contributed by atoms with E-state index in [1.807, 2.05) is 24.5 Å². The summed E-state index contributed by atoms with van der Waals surface area (Å²) in [6.07, 6.45) is 0. The van der Waals surface area contributed by atoms with Gasteiger partial charge >= 0.3 is 0 Å². The number of nitrogens with zero attached hydrogens (tertiary/aromatic N) is 1. The SMILES string of the molecule is CN(C)Sc1ccc2c(c1)C(=O)C(=O)N2. The van der Waals surface area contributed by atoms with Gasteiger partial charge in [0.25, 0.3) is 11.7 Å². The van der Waals surface area contributed by atoms with Gasteiger partial charge in [0.2, 0.25) is 0 Å². The molecule has 78 valence electrons. The first-order valence-corrected chi connectivity index (χ1v) is 5.20. The molecule has 1 aliphatic heterocycles. The maximum absolute atomic E-state index is 11.4. The lowest BCUT2D eigenvalue weighted by atomic mass is 10.1. The average Bonchev–Trinajstić information content (AvgIpc) is 2.43. The third-order valence-electron chi connectivity index (χ3n) is 1.98. The quantitative estimate of drug-likeness (QED) is 0.607. The van der Waals surface area contributed by atoms with Crippen LogP contribution in [0.5, 0.6) is 0 Å². The van der Waals surface area contributed by atoms with Crippen molar-refractivity contribution >= 4 is 29.3 Å². The van der Waals surface area contributed by atoms with Crippen LogP contribution in [0.3, 0.4) is 0 Å². The molecular weight excluding hydrogens is 212 g/mol. The molecule has 1 heterocycles. The summed E-state index contributed by atoms with van der Waals surface area (Å²) >= 11 is 1.51. The Morgan fingerprint density at radius 3 is 2.67 bits per heavy atom. The second kappa shape index (κ2) is 3.67. The molecule has 5 heteroatoms. The third-order valence-corrected chi connectivity index (χ3v) is 2.81. The zero-order chi connectivity index (χ0) is 11.0. The number of hydrogen-bond acceptors (Lipinski definition) is 4. The molecule has 1 aliphatic rings. The summed E-state index contributed by atoms with van der Waals surface area (Å²) in [6.45, 7) is 0. The van der Waals surface area contributed by atoms with E-state index in [4.69, 9.17) is 0 Å². The summed E-state index contributed by atoms with van der Waals surface area (Å²) in [7, 11) is 3.84. The molecule has 0 spiro atoms. The summed E-state index contributed by atoms with van der Waals surface area (Å²) in [5.41, 5.74) is 1.07. The van der Waals surface area contributed by atoms with Gasteiger partial charge in [-0.25, -0.2) is 0 Å². The van der Waals surface area contributed by atoms with Crippen LogP contribution < -0.4 is 5.32 Å². The fourth-order valence-electron chi connectivity index (χ4n) is 1.39. The largest absolute Gasteiger partial charge is 0.318 e. The lowest BCUT2D eigenvalue weighted by molar-refractivity contribution is -0.112. The number of Topliss-reactive ketones (excluding diaryl/α,β-unsaturated/α-hetero) is 1. The third kappa shape index (κ3) is 1.88. The zero-order valence-corrected chi connectivity index (χ0v) is 9.22. The highest BCUT2D eigenvalue weighted by Gasteiger charge is 2.27. The van der Waals surface area contributed by atoms with E-state index in [1.165, 1.54) is 11.9 Å². The van der Waals surface area contributed by atoms with Crippen LogP contribution in [0.4, 0.5) is 5.69 Å². The molecule has 4 nitrogen and oxygen atoms in total. The van der Waals surface area contributed by atoms with Crippen LogP contribution in [0.1, 0.15) is 10.4 Å². The topological polar surface area (TPSA) is 49.4 Å². The molecule has 0 aliphatic carbocycles. The first kappa shape index (κ1) is 10.2. The maximum atomic E-state index is 11.4. The smallest absolute Gasteiger partial charge is 0.296 e. The number of anilines is 1. The van der Waals surface area contributed by atoms with Gasteiger partial charge in [-0.3, -0.25) is 13.9 Å². The Balaban J connectivity index is 2.35. The number of benzene rings is 1. The van der Waals surface area contributed by atoms with Crippen molar-refractivity contribution in [1.82, 2.24) is 4.31 Å². The monoisotopic (exact) mass is 222 g/mol. The fraction of sp³-hybridized carbons (Fsp3) is 0.200. The molecule has 2 rings (SSSR count). The zero-order valence-electron chi connectivity index (χ0n) is 8.40. The van der Waals surface area contributed by atoms with Crippen molar-refractivity contribution in [2.24, 2.45) is 0 Å². The molecule has 1 N–H and O–H groups in total. The molecule has 0 fully saturated rings. The second-order valence-electron chi connectivity index (χ2n) is 3.39. The Morgan fingerprint density at radius 1 is 1.27 bits per heavy atom. The van der Waals surface area contributed by atoms with Crippen molar-refractivity contribution < 1.29 is 9.59 Å². The highest BCUT2D eigenvalue weighted by atomic mass is 32.2. The Kier molecular flexibility index (Phi) is 2.50. The number of carbonyl (C=O) groups is 2. The molecule has 1 aromatic carbocycles. The van der Waals surface area contributed by atoms with Crippen molar-refractivity contribution in [3.8, 4) is 0 Å². The average molecular weight is 222 g/mol. The summed E-state index contributed by atoms with van der Waals surface area (Å²) in [5.74, 6) is -0.997. The Morgan fingerprint density at radius 2 is 2.00 bits per heavy atom. The number of carbonyl (C=O) groups excluding carboxylic acids is 2. The maximum Gasteiger partial charge on any atom is 0.296 e. The lowest BCUT2D eigenvalue weighted by Crippen LogP contribution is -2.12. The minimum Gasteiger partial charge on any atom is -0.318 e. The van der Waals surface area contributed by atoms with Gasteiger partial charge in [0.1, 0.15) is 0 Å². The first-order chi connectivity index (χ1) is 7.08. The molecule has 0 unspecified atom stereocenters. The normalized spacial score (nSPS) is 14.3. The number of ketones is 1. The Labute approximate surface area is 91.8 Å². The van der Waals surface area contributed by atoms with Crippen molar-refractivity contribution in [3.63, 3.8) is 0 Å². The summed E-state index contributed by atoms with van der Waals surface area (Å²) in [4.78, 5) is 23.4. The minimum absolute atomic E-state index is 0.453. The van der Waals surface area contributed by atoms with Crippen molar-refractivity contribution in [3.05, 3.63) is 23.8 Å². The highest BCUT2D eigenvalue weighted by Crippen LogP contribution is 2.28. The van der Waals surface area contributed by atoms with Gasteiger partial charge < -0.3 is 5.32 Å². The van der Waals surface area contributed by atoms with Crippen LogP contribution in [0.2, 0.25) is 0 Å². The number of rotatable bonds is 2. The first-order valence-electron chi connectivity index (χ1n) is 4.43. The van der Waals surface area contributed by atoms with Crippen LogP contribution in [-0.4, -0.2) is 30.1 Å². The van der Waals surface area contributed by atoms with Crippen LogP contribution in [0.25, 0.3) is 0 Å². The Hall–Kier alpha value is -1.33. The van der Waals surface area contributed by atoms with Gasteiger partial charge in [0.15, 0.2) is 0 Å².